The standard InChI is InChI=1S/C18H18N4O6/c1-11(23)17(18(24)19-14-6-4-5-7-16(14)28-3)21-20-13-9-8-12(27-2)10-15(13)22(25)26/h4-10,17H,1-3H3,(H,19,24). The lowest BCUT2D eigenvalue weighted by atomic mass is 10.2. The number of carbonyl (C=O) groups excluding carboxylic acids is 2. The Bertz CT molecular complexity index is 928. The number of rotatable bonds is 8. The van der Waals surface area contributed by atoms with E-state index in [2.05, 4.69) is 15.5 Å². The molecule has 28 heavy (non-hydrogen) atoms. The van der Waals surface area contributed by atoms with Crippen LogP contribution in [0.3, 0.4) is 0 Å². The number of nitro benzene ring substituents is 1. The molecule has 0 saturated carbocycles. The maximum absolute atomic E-state index is 12.5. The number of benzene rings is 2. The van der Waals surface area contributed by atoms with Gasteiger partial charge in [0.05, 0.1) is 30.9 Å². The number of carbonyl (C=O) groups is 2. The van der Waals surface area contributed by atoms with Crippen LogP contribution in [0.15, 0.2) is 52.7 Å². The molecule has 2 aromatic rings. The second-order valence-electron chi connectivity index (χ2n) is 5.53. The molecule has 1 atom stereocenters. The van der Waals surface area contributed by atoms with E-state index in [1.54, 1.807) is 24.3 Å². The van der Waals surface area contributed by atoms with Gasteiger partial charge < -0.3 is 14.8 Å². The molecule has 0 aliphatic heterocycles. The summed E-state index contributed by atoms with van der Waals surface area (Å²) < 4.78 is 10.1. The highest BCUT2D eigenvalue weighted by Gasteiger charge is 2.25. The van der Waals surface area contributed by atoms with Crippen molar-refractivity contribution in [3.63, 3.8) is 0 Å². The van der Waals surface area contributed by atoms with Crippen LogP contribution in [0.1, 0.15) is 6.92 Å². The Labute approximate surface area is 160 Å². The number of para-hydroxylation sites is 2. The molecule has 0 fully saturated rings. The first-order valence-electron chi connectivity index (χ1n) is 8.05. The molecular weight excluding hydrogens is 368 g/mol. The number of anilines is 1. The summed E-state index contributed by atoms with van der Waals surface area (Å²) in [7, 11) is 2.81. The number of azo groups is 1. The maximum atomic E-state index is 12.5. The highest BCUT2D eigenvalue weighted by Crippen LogP contribution is 2.32. The number of Topliss-reactive ketones (excluding diaryl/α,β-unsaturated/α-hetero) is 1. The van der Waals surface area contributed by atoms with Crippen LogP contribution in [0.4, 0.5) is 17.1 Å². The number of methoxy groups -OCH3 is 2. The number of nitro groups is 1. The van der Waals surface area contributed by atoms with Gasteiger partial charge in [-0.25, -0.2) is 0 Å². The monoisotopic (exact) mass is 386 g/mol. The fourth-order valence-electron chi connectivity index (χ4n) is 2.25. The van der Waals surface area contributed by atoms with Gasteiger partial charge in [-0.3, -0.25) is 19.7 Å². The van der Waals surface area contributed by atoms with Gasteiger partial charge in [-0.2, -0.15) is 5.11 Å². The van der Waals surface area contributed by atoms with Crippen LogP contribution in [-0.2, 0) is 9.59 Å². The van der Waals surface area contributed by atoms with Crippen molar-refractivity contribution in [1.82, 2.24) is 0 Å². The molecule has 1 N–H and O–H groups in total. The third-order valence-electron chi connectivity index (χ3n) is 3.66. The van der Waals surface area contributed by atoms with E-state index in [-0.39, 0.29) is 17.1 Å². The molecule has 0 saturated heterocycles. The minimum atomic E-state index is -1.48. The number of amides is 1. The zero-order valence-corrected chi connectivity index (χ0v) is 15.4. The van der Waals surface area contributed by atoms with Gasteiger partial charge >= 0.3 is 0 Å². The molecule has 1 unspecified atom stereocenters. The Kier molecular flexibility index (Phi) is 6.74. The molecular formula is C18H18N4O6. The van der Waals surface area contributed by atoms with Crippen LogP contribution in [0.5, 0.6) is 11.5 Å². The summed E-state index contributed by atoms with van der Waals surface area (Å²) in [5.41, 5.74) is -0.121. The first-order valence-corrected chi connectivity index (χ1v) is 8.05. The fraction of sp³-hybridized carbons (Fsp3) is 0.222. The van der Waals surface area contributed by atoms with Crippen molar-refractivity contribution in [3.8, 4) is 11.5 Å². The average Bonchev–Trinajstić information content (AvgIpc) is 2.68. The van der Waals surface area contributed by atoms with Crippen molar-refractivity contribution in [1.29, 1.82) is 0 Å². The van der Waals surface area contributed by atoms with Crippen LogP contribution in [0, 0.1) is 10.1 Å². The number of nitrogens with one attached hydrogen (secondary N) is 1. The van der Waals surface area contributed by atoms with E-state index in [0.717, 1.165) is 0 Å². The highest BCUT2D eigenvalue weighted by atomic mass is 16.6. The van der Waals surface area contributed by atoms with Crippen LogP contribution < -0.4 is 14.8 Å². The van der Waals surface area contributed by atoms with E-state index in [4.69, 9.17) is 9.47 Å². The minimum Gasteiger partial charge on any atom is -0.496 e. The van der Waals surface area contributed by atoms with Crippen molar-refractivity contribution in [2.24, 2.45) is 10.2 Å². The van der Waals surface area contributed by atoms with Gasteiger partial charge in [0, 0.05) is 0 Å². The molecule has 0 aromatic heterocycles. The van der Waals surface area contributed by atoms with E-state index < -0.39 is 22.7 Å². The predicted octanol–water partition coefficient (Wildman–Crippen LogP) is 3.29. The number of nitrogens with zero attached hydrogens (tertiary/aromatic N) is 3. The molecule has 10 heteroatoms. The largest absolute Gasteiger partial charge is 0.496 e. The summed E-state index contributed by atoms with van der Waals surface area (Å²) in [6.45, 7) is 1.17. The Morgan fingerprint density at radius 2 is 1.86 bits per heavy atom. The molecule has 0 aliphatic carbocycles. The second-order valence-corrected chi connectivity index (χ2v) is 5.53. The quantitative estimate of drug-likeness (QED) is 0.320. The first-order chi connectivity index (χ1) is 13.4. The Morgan fingerprint density at radius 1 is 1.14 bits per heavy atom. The molecule has 2 rings (SSSR count). The molecule has 146 valence electrons. The van der Waals surface area contributed by atoms with Gasteiger partial charge in [-0.05, 0) is 31.2 Å². The summed E-state index contributed by atoms with van der Waals surface area (Å²) in [5.74, 6) is -0.646. The Morgan fingerprint density at radius 3 is 2.46 bits per heavy atom. The highest BCUT2D eigenvalue weighted by molar-refractivity contribution is 6.10. The fourth-order valence-corrected chi connectivity index (χ4v) is 2.25. The Hall–Kier alpha value is -3.82. The van der Waals surface area contributed by atoms with Gasteiger partial charge in [-0.1, -0.05) is 12.1 Å². The zero-order valence-electron chi connectivity index (χ0n) is 15.4. The Balaban J connectivity index is 2.29. The summed E-state index contributed by atoms with van der Waals surface area (Å²) in [5, 5.41) is 21.2. The van der Waals surface area contributed by atoms with Gasteiger partial charge in [0.25, 0.3) is 11.6 Å². The van der Waals surface area contributed by atoms with E-state index in [1.165, 1.54) is 39.3 Å². The van der Waals surface area contributed by atoms with Gasteiger partial charge in [0.15, 0.2) is 11.5 Å². The van der Waals surface area contributed by atoms with Gasteiger partial charge in [0.2, 0.25) is 6.04 Å². The second kappa shape index (κ2) is 9.21. The molecule has 0 spiro atoms. The minimum absolute atomic E-state index is 0.109. The number of ketones is 1. The van der Waals surface area contributed by atoms with Crippen LogP contribution in [0.25, 0.3) is 0 Å². The molecule has 0 heterocycles. The van der Waals surface area contributed by atoms with Gasteiger partial charge in [-0.15, -0.1) is 5.11 Å². The summed E-state index contributed by atoms with van der Waals surface area (Å²) in [6.07, 6.45) is 0. The molecule has 2 aromatic carbocycles. The van der Waals surface area contributed by atoms with Crippen LogP contribution in [-0.4, -0.2) is 36.9 Å². The van der Waals surface area contributed by atoms with Gasteiger partial charge in [0.1, 0.15) is 11.5 Å². The number of ether oxygens (including phenoxy) is 2. The number of hydrogen-bond acceptors (Lipinski definition) is 8. The topological polar surface area (TPSA) is 132 Å². The average molecular weight is 386 g/mol. The van der Waals surface area contributed by atoms with Crippen LogP contribution in [0.2, 0.25) is 0 Å². The molecule has 10 nitrogen and oxygen atoms in total. The lowest BCUT2D eigenvalue weighted by Gasteiger charge is -2.12. The van der Waals surface area contributed by atoms with E-state index >= 15 is 0 Å². The summed E-state index contributed by atoms with van der Waals surface area (Å²) in [4.78, 5) is 34.9. The van der Waals surface area contributed by atoms with Crippen molar-refractivity contribution < 1.29 is 24.0 Å². The van der Waals surface area contributed by atoms with Crippen molar-refractivity contribution in [2.75, 3.05) is 19.5 Å². The SMILES string of the molecule is COc1ccc(N=NC(C(C)=O)C(=O)Nc2ccccc2OC)c([N+](=O)[O-])c1. The van der Waals surface area contributed by atoms with Crippen molar-refractivity contribution in [2.45, 2.75) is 13.0 Å². The molecule has 0 radical (unpaired) electrons. The maximum Gasteiger partial charge on any atom is 0.300 e. The smallest absolute Gasteiger partial charge is 0.300 e. The van der Waals surface area contributed by atoms with Crippen molar-refractivity contribution >= 4 is 28.8 Å². The number of hydrogen-bond donors (Lipinski definition) is 1. The van der Waals surface area contributed by atoms with E-state index in [9.17, 15) is 19.7 Å². The molecule has 0 bridgehead atoms. The molecule has 0 aliphatic rings. The third-order valence-corrected chi connectivity index (χ3v) is 3.66. The normalized spacial score (nSPS) is 11.7. The van der Waals surface area contributed by atoms with E-state index in [0.29, 0.717) is 11.4 Å². The van der Waals surface area contributed by atoms with E-state index in [1.807, 2.05) is 0 Å². The summed E-state index contributed by atoms with van der Waals surface area (Å²) in [6, 6.07) is 9.11. The molecule has 1 amide bonds. The zero-order chi connectivity index (χ0) is 20.7. The third kappa shape index (κ3) is 4.87. The van der Waals surface area contributed by atoms with Crippen LogP contribution >= 0.6 is 0 Å². The van der Waals surface area contributed by atoms with Crippen molar-refractivity contribution in [3.05, 3.63) is 52.6 Å². The lowest BCUT2D eigenvalue weighted by Crippen LogP contribution is -2.31. The first kappa shape index (κ1) is 20.5. The predicted molar refractivity (Wildman–Crippen MR) is 100 cm³/mol. The lowest BCUT2D eigenvalue weighted by molar-refractivity contribution is -0.384. The summed E-state index contributed by atoms with van der Waals surface area (Å²) >= 11 is 0.